The summed E-state index contributed by atoms with van der Waals surface area (Å²) in [4.78, 5) is 41.5. The zero-order valence-electron chi connectivity index (χ0n) is 19.9. The van der Waals surface area contributed by atoms with Gasteiger partial charge >= 0.3 is 12.7 Å². The summed E-state index contributed by atoms with van der Waals surface area (Å²) in [5.41, 5.74) is -0.512. The van der Waals surface area contributed by atoms with Gasteiger partial charge in [0.05, 0.1) is 11.5 Å². The molecule has 1 atom stereocenters. The van der Waals surface area contributed by atoms with Gasteiger partial charge in [0, 0.05) is 32.2 Å². The Balaban J connectivity index is 1.54. The van der Waals surface area contributed by atoms with Gasteiger partial charge in [-0.05, 0) is 58.6 Å². The van der Waals surface area contributed by atoms with Crippen molar-refractivity contribution in [2.24, 2.45) is 5.92 Å². The zero-order chi connectivity index (χ0) is 24.9. The van der Waals surface area contributed by atoms with E-state index in [4.69, 9.17) is 4.74 Å². The maximum absolute atomic E-state index is 13.1. The molecule has 2 saturated heterocycles. The van der Waals surface area contributed by atoms with Crippen LogP contribution in [0.25, 0.3) is 0 Å². The van der Waals surface area contributed by atoms with E-state index in [2.05, 4.69) is 10.1 Å². The van der Waals surface area contributed by atoms with Crippen LogP contribution < -0.4 is 10.1 Å². The van der Waals surface area contributed by atoms with E-state index in [1.54, 1.807) is 31.7 Å². The highest BCUT2D eigenvalue weighted by Crippen LogP contribution is 2.26. The van der Waals surface area contributed by atoms with Crippen molar-refractivity contribution < 1.29 is 32.6 Å². The highest BCUT2D eigenvalue weighted by Gasteiger charge is 2.34. The van der Waals surface area contributed by atoms with Gasteiger partial charge in [-0.25, -0.2) is 4.79 Å². The second-order valence-electron chi connectivity index (χ2n) is 9.71. The Labute approximate surface area is 198 Å². The standard InChI is InChI=1S/C24H33F2N3O5/c1-24(2,3)34-23(32)27-17-10-13-28(14-11-17)20(30)16-7-6-12-29(15-16)21(31)18-8-4-5-9-19(18)33-22(25)26/h4-5,8-9,16-17,22H,6-7,10-15H2,1-3H3,(H,27,32). The van der Waals surface area contributed by atoms with Crippen LogP contribution in [0.3, 0.4) is 0 Å². The lowest BCUT2D eigenvalue weighted by Crippen LogP contribution is -2.51. The molecule has 0 aromatic heterocycles. The lowest BCUT2D eigenvalue weighted by Gasteiger charge is -2.38. The zero-order valence-corrected chi connectivity index (χ0v) is 19.9. The van der Waals surface area contributed by atoms with Gasteiger partial charge < -0.3 is 24.6 Å². The largest absolute Gasteiger partial charge is 0.444 e. The molecule has 0 aliphatic carbocycles. The molecule has 2 fully saturated rings. The molecule has 0 saturated carbocycles. The number of nitrogens with one attached hydrogen (secondary N) is 1. The molecule has 2 aliphatic heterocycles. The number of likely N-dealkylation sites (tertiary alicyclic amines) is 2. The number of nitrogens with zero attached hydrogens (tertiary/aromatic N) is 2. The third kappa shape index (κ3) is 7.04. The molecular weight excluding hydrogens is 448 g/mol. The molecule has 1 unspecified atom stereocenters. The Morgan fingerprint density at radius 3 is 2.35 bits per heavy atom. The van der Waals surface area contributed by atoms with E-state index in [0.717, 1.165) is 0 Å². The van der Waals surface area contributed by atoms with Crippen molar-refractivity contribution in [3.63, 3.8) is 0 Å². The summed E-state index contributed by atoms with van der Waals surface area (Å²) in [6.45, 7) is 4.08. The normalized spacial score (nSPS) is 19.6. The Hall–Kier alpha value is -2.91. The fraction of sp³-hybridized carbons (Fsp3) is 0.625. The third-order valence-corrected chi connectivity index (χ3v) is 5.92. The molecule has 2 aliphatic rings. The second-order valence-corrected chi connectivity index (χ2v) is 9.71. The molecule has 0 spiro atoms. The maximum atomic E-state index is 13.1. The van der Waals surface area contributed by atoms with Crippen molar-refractivity contribution >= 4 is 17.9 Å². The minimum atomic E-state index is -3.03. The van der Waals surface area contributed by atoms with Gasteiger partial charge in [-0.3, -0.25) is 9.59 Å². The molecule has 0 bridgehead atoms. The van der Waals surface area contributed by atoms with Gasteiger partial charge in [0.1, 0.15) is 11.4 Å². The van der Waals surface area contributed by atoms with Gasteiger partial charge in [-0.2, -0.15) is 8.78 Å². The first-order valence-electron chi connectivity index (χ1n) is 11.6. The maximum Gasteiger partial charge on any atom is 0.407 e. The van der Waals surface area contributed by atoms with E-state index in [1.807, 2.05) is 0 Å². The van der Waals surface area contributed by atoms with Crippen LogP contribution >= 0.6 is 0 Å². The molecule has 8 nitrogen and oxygen atoms in total. The highest BCUT2D eigenvalue weighted by molar-refractivity contribution is 5.97. The van der Waals surface area contributed by atoms with Crippen molar-refractivity contribution in [3.05, 3.63) is 29.8 Å². The summed E-state index contributed by atoms with van der Waals surface area (Å²) in [7, 11) is 0. The SMILES string of the molecule is CC(C)(C)OC(=O)NC1CCN(C(=O)C2CCCN(C(=O)c3ccccc3OC(F)F)C2)CC1. The first-order valence-corrected chi connectivity index (χ1v) is 11.6. The molecule has 3 rings (SSSR count). The molecule has 1 aromatic rings. The fourth-order valence-electron chi connectivity index (χ4n) is 4.35. The molecule has 34 heavy (non-hydrogen) atoms. The minimum Gasteiger partial charge on any atom is -0.444 e. The number of rotatable bonds is 5. The van der Waals surface area contributed by atoms with Crippen molar-refractivity contribution in [1.82, 2.24) is 15.1 Å². The van der Waals surface area contributed by atoms with Crippen LogP contribution in [0.5, 0.6) is 5.75 Å². The van der Waals surface area contributed by atoms with E-state index in [-0.39, 0.29) is 35.7 Å². The first-order chi connectivity index (χ1) is 16.0. The molecule has 3 amide bonds. The smallest absolute Gasteiger partial charge is 0.407 e. The fourth-order valence-corrected chi connectivity index (χ4v) is 4.35. The lowest BCUT2D eigenvalue weighted by atomic mass is 9.94. The van der Waals surface area contributed by atoms with Crippen molar-refractivity contribution in [2.75, 3.05) is 26.2 Å². The van der Waals surface area contributed by atoms with E-state index < -0.39 is 24.2 Å². The van der Waals surface area contributed by atoms with Crippen LogP contribution in [0.15, 0.2) is 24.3 Å². The molecule has 1 aromatic carbocycles. The Kier molecular flexibility index (Phi) is 8.33. The first kappa shape index (κ1) is 25.7. The Morgan fingerprint density at radius 1 is 1.03 bits per heavy atom. The lowest BCUT2D eigenvalue weighted by molar-refractivity contribution is -0.138. The number of carbonyl (C=O) groups excluding carboxylic acids is 3. The van der Waals surface area contributed by atoms with Crippen LogP contribution in [-0.4, -0.2) is 72.1 Å². The summed E-state index contributed by atoms with van der Waals surface area (Å²) in [6, 6.07) is 5.84. The van der Waals surface area contributed by atoms with Gasteiger partial charge in [0.15, 0.2) is 0 Å². The number of piperidine rings is 2. The summed E-state index contributed by atoms with van der Waals surface area (Å²) in [6.07, 6.45) is 2.09. The molecule has 188 valence electrons. The second kappa shape index (κ2) is 11.0. The van der Waals surface area contributed by atoms with Gasteiger partial charge in [0.2, 0.25) is 5.91 Å². The predicted octanol–water partition coefficient (Wildman–Crippen LogP) is 3.66. The van der Waals surface area contributed by atoms with Crippen LogP contribution in [0, 0.1) is 5.92 Å². The average Bonchev–Trinajstić information content (AvgIpc) is 2.77. The topological polar surface area (TPSA) is 88.2 Å². The molecule has 0 radical (unpaired) electrons. The van der Waals surface area contributed by atoms with E-state index >= 15 is 0 Å². The molecule has 2 heterocycles. The van der Waals surface area contributed by atoms with Gasteiger partial charge in [-0.1, -0.05) is 12.1 Å². The van der Waals surface area contributed by atoms with E-state index in [1.165, 1.54) is 23.1 Å². The Morgan fingerprint density at radius 2 is 1.71 bits per heavy atom. The molecule has 1 N–H and O–H groups in total. The number of carbonyl (C=O) groups is 3. The van der Waals surface area contributed by atoms with Crippen molar-refractivity contribution in [3.8, 4) is 5.75 Å². The summed E-state index contributed by atoms with van der Waals surface area (Å²) < 4.78 is 35.2. The number of halogens is 2. The van der Waals surface area contributed by atoms with Crippen molar-refractivity contribution in [1.29, 1.82) is 0 Å². The quantitative estimate of drug-likeness (QED) is 0.694. The monoisotopic (exact) mass is 481 g/mol. The van der Waals surface area contributed by atoms with Crippen LogP contribution in [0.1, 0.15) is 56.8 Å². The third-order valence-electron chi connectivity index (χ3n) is 5.92. The summed E-state index contributed by atoms with van der Waals surface area (Å²) in [5, 5.41) is 2.86. The number of hydrogen-bond donors (Lipinski definition) is 1. The number of hydrogen-bond acceptors (Lipinski definition) is 5. The van der Waals surface area contributed by atoms with Crippen LogP contribution in [-0.2, 0) is 9.53 Å². The van der Waals surface area contributed by atoms with Crippen molar-refractivity contribution in [2.45, 2.75) is 64.7 Å². The molecular formula is C24H33F2N3O5. The summed E-state index contributed by atoms with van der Waals surface area (Å²) >= 11 is 0. The Bertz CT molecular complexity index is 882. The average molecular weight is 482 g/mol. The predicted molar refractivity (Wildman–Crippen MR) is 121 cm³/mol. The van der Waals surface area contributed by atoms with Gasteiger partial charge in [-0.15, -0.1) is 0 Å². The number of ether oxygens (including phenoxy) is 2. The highest BCUT2D eigenvalue weighted by atomic mass is 19.3. The van der Waals surface area contributed by atoms with Crippen LogP contribution in [0.2, 0.25) is 0 Å². The minimum absolute atomic E-state index is 0.0228. The number of amides is 3. The van der Waals surface area contributed by atoms with Crippen LogP contribution in [0.4, 0.5) is 13.6 Å². The van der Waals surface area contributed by atoms with E-state index in [9.17, 15) is 23.2 Å². The number of para-hydroxylation sites is 1. The van der Waals surface area contributed by atoms with E-state index in [0.29, 0.717) is 45.3 Å². The summed E-state index contributed by atoms with van der Waals surface area (Å²) in [5.74, 6) is -0.967. The van der Waals surface area contributed by atoms with Gasteiger partial charge in [0.25, 0.3) is 5.91 Å². The number of alkyl carbamates (subject to hydrolysis) is 1. The molecule has 10 heteroatoms. The number of benzene rings is 1. The number of alkyl halides is 2.